The Morgan fingerprint density at radius 2 is 1.56 bits per heavy atom. The van der Waals surface area contributed by atoms with Crippen molar-refractivity contribution in [3.63, 3.8) is 0 Å². The van der Waals surface area contributed by atoms with Crippen LogP contribution in [0.15, 0.2) is 30.3 Å². The first kappa shape index (κ1) is 21.6. The van der Waals surface area contributed by atoms with Crippen molar-refractivity contribution in [1.29, 1.82) is 0 Å². The Morgan fingerprint density at radius 3 is 2.00 bits per heavy atom. The number of carbonyl (C=O) groups excluding carboxylic acids is 1. The van der Waals surface area contributed by atoms with Crippen molar-refractivity contribution >= 4 is 15.0 Å². The Morgan fingerprint density at radius 1 is 1.04 bits per heavy atom. The van der Waals surface area contributed by atoms with Gasteiger partial charge in [0, 0.05) is 26.4 Å². The second kappa shape index (κ2) is 11.3. The molecule has 0 radical (unpaired) electrons. The molecule has 0 saturated carbocycles. The minimum Gasteiger partial charge on any atom is -0.357 e. The SMILES string of the molecule is CCCNC(=O)N([C@H](C)c1ccccc1)[Si](OCC)(OCC)OCC. The van der Waals surface area contributed by atoms with E-state index in [1.807, 2.05) is 65.0 Å². The topological polar surface area (TPSA) is 60.0 Å². The molecule has 1 aromatic rings. The fraction of sp³-hybridized carbons (Fsp3) is 0.611. The summed E-state index contributed by atoms with van der Waals surface area (Å²) in [7, 11) is -3.36. The Balaban J connectivity index is 3.31. The van der Waals surface area contributed by atoms with Crippen LogP contribution in [0.2, 0.25) is 0 Å². The second-order valence-corrected chi connectivity index (χ2v) is 7.91. The molecule has 25 heavy (non-hydrogen) atoms. The smallest absolute Gasteiger partial charge is 0.357 e. The van der Waals surface area contributed by atoms with Crippen LogP contribution in [-0.4, -0.2) is 45.9 Å². The number of hydrogen-bond acceptors (Lipinski definition) is 4. The normalized spacial score (nSPS) is 12.7. The van der Waals surface area contributed by atoms with Gasteiger partial charge in [-0.2, -0.15) is 0 Å². The molecule has 0 aliphatic rings. The molecule has 1 N–H and O–H groups in total. The summed E-state index contributed by atoms with van der Waals surface area (Å²) in [6, 6.07) is 9.39. The van der Waals surface area contributed by atoms with E-state index in [0.717, 1.165) is 12.0 Å². The van der Waals surface area contributed by atoms with E-state index in [4.69, 9.17) is 13.3 Å². The second-order valence-electron chi connectivity index (χ2n) is 5.51. The van der Waals surface area contributed by atoms with E-state index in [0.29, 0.717) is 26.4 Å². The van der Waals surface area contributed by atoms with Gasteiger partial charge < -0.3 is 18.6 Å². The molecule has 0 bridgehead atoms. The molecule has 0 heterocycles. The Labute approximate surface area is 152 Å². The number of benzene rings is 1. The van der Waals surface area contributed by atoms with Gasteiger partial charge in [-0.3, -0.25) is 4.57 Å². The Kier molecular flexibility index (Phi) is 9.73. The molecule has 6 nitrogen and oxygen atoms in total. The first-order chi connectivity index (χ1) is 12.1. The minimum atomic E-state index is -3.36. The molecule has 2 amide bonds. The number of carbonyl (C=O) groups is 1. The van der Waals surface area contributed by atoms with Crippen molar-refractivity contribution < 1.29 is 18.1 Å². The maximum absolute atomic E-state index is 13.0. The van der Waals surface area contributed by atoms with Crippen LogP contribution in [0.4, 0.5) is 4.79 Å². The molecule has 0 aliphatic carbocycles. The predicted octanol–water partition coefficient (Wildman–Crippen LogP) is 3.71. The first-order valence-corrected chi connectivity index (χ1v) is 10.8. The summed E-state index contributed by atoms with van der Waals surface area (Å²) in [6.07, 6.45) is 0.853. The molecule has 1 aromatic carbocycles. The lowest BCUT2D eigenvalue weighted by molar-refractivity contribution is 0.0185. The Hall–Kier alpha value is -1.41. The summed E-state index contributed by atoms with van der Waals surface area (Å²) in [5.41, 5.74) is 1.00. The lowest BCUT2D eigenvalue weighted by atomic mass is 10.1. The average Bonchev–Trinajstić information content (AvgIpc) is 2.61. The quantitative estimate of drug-likeness (QED) is 0.605. The molecule has 0 aliphatic heterocycles. The zero-order valence-electron chi connectivity index (χ0n) is 16.1. The zero-order chi connectivity index (χ0) is 18.7. The molecule has 0 spiro atoms. The van der Waals surface area contributed by atoms with Crippen molar-refractivity contribution in [3.05, 3.63) is 35.9 Å². The molecule has 0 saturated heterocycles. The highest BCUT2D eigenvalue weighted by molar-refractivity contribution is 6.60. The lowest BCUT2D eigenvalue weighted by Gasteiger charge is -2.40. The Bertz CT molecular complexity index is 484. The van der Waals surface area contributed by atoms with Crippen LogP contribution in [0.1, 0.15) is 52.6 Å². The maximum atomic E-state index is 13.0. The highest BCUT2D eigenvalue weighted by atomic mass is 28.4. The lowest BCUT2D eigenvalue weighted by Crippen LogP contribution is -2.65. The van der Waals surface area contributed by atoms with Crippen LogP contribution in [0.25, 0.3) is 0 Å². The molecular formula is C18H32N2O4Si. The van der Waals surface area contributed by atoms with Gasteiger partial charge in [0.1, 0.15) is 0 Å². The number of rotatable bonds is 11. The summed E-state index contributed by atoms with van der Waals surface area (Å²) < 4.78 is 19.6. The molecule has 0 unspecified atom stereocenters. The summed E-state index contributed by atoms with van der Waals surface area (Å²) in [5.74, 6) is 0. The van der Waals surface area contributed by atoms with Crippen molar-refractivity contribution in [2.45, 2.75) is 47.1 Å². The van der Waals surface area contributed by atoms with Gasteiger partial charge in [-0.15, -0.1) is 0 Å². The van der Waals surface area contributed by atoms with E-state index < -0.39 is 8.97 Å². The number of hydrogen-bond donors (Lipinski definition) is 1. The zero-order valence-corrected chi connectivity index (χ0v) is 17.1. The van der Waals surface area contributed by atoms with Gasteiger partial charge in [-0.05, 0) is 39.7 Å². The molecule has 0 aromatic heterocycles. The van der Waals surface area contributed by atoms with Crippen molar-refractivity contribution in [2.24, 2.45) is 0 Å². The van der Waals surface area contributed by atoms with Crippen LogP contribution >= 0.6 is 0 Å². The molecule has 1 atom stereocenters. The molecule has 142 valence electrons. The minimum absolute atomic E-state index is 0.222. The number of urea groups is 1. The van der Waals surface area contributed by atoms with Crippen LogP contribution in [0.3, 0.4) is 0 Å². The summed E-state index contributed by atoms with van der Waals surface area (Å²) >= 11 is 0. The van der Waals surface area contributed by atoms with Crippen LogP contribution in [-0.2, 0) is 13.3 Å². The molecule has 0 fully saturated rings. The van der Waals surface area contributed by atoms with Gasteiger partial charge in [0.05, 0.1) is 6.04 Å². The average molecular weight is 369 g/mol. The third-order valence-corrected chi connectivity index (χ3v) is 6.83. The number of nitrogens with one attached hydrogen (secondary N) is 1. The third kappa shape index (κ3) is 5.81. The third-order valence-electron chi connectivity index (χ3n) is 3.69. The van der Waals surface area contributed by atoms with Gasteiger partial charge in [0.15, 0.2) is 0 Å². The van der Waals surface area contributed by atoms with E-state index in [1.165, 1.54) is 0 Å². The highest BCUT2D eigenvalue weighted by Gasteiger charge is 2.54. The summed E-state index contributed by atoms with van der Waals surface area (Å²) in [4.78, 5) is 13.0. The molecular weight excluding hydrogens is 336 g/mol. The van der Waals surface area contributed by atoms with Crippen LogP contribution in [0, 0.1) is 0 Å². The van der Waals surface area contributed by atoms with Gasteiger partial charge in [-0.1, -0.05) is 37.3 Å². The first-order valence-electron chi connectivity index (χ1n) is 9.10. The van der Waals surface area contributed by atoms with Gasteiger partial charge in [0.2, 0.25) is 0 Å². The predicted molar refractivity (Wildman–Crippen MR) is 101 cm³/mol. The summed E-state index contributed by atoms with van der Waals surface area (Å²) in [5, 5.41) is 2.95. The van der Waals surface area contributed by atoms with Gasteiger partial charge in [-0.25, -0.2) is 4.79 Å². The van der Waals surface area contributed by atoms with E-state index in [2.05, 4.69) is 5.32 Å². The van der Waals surface area contributed by atoms with E-state index >= 15 is 0 Å². The van der Waals surface area contributed by atoms with E-state index in [9.17, 15) is 4.79 Å². The van der Waals surface area contributed by atoms with Crippen molar-refractivity contribution in [3.8, 4) is 0 Å². The molecule has 1 rings (SSSR count). The fourth-order valence-electron chi connectivity index (χ4n) is 2.62. The summed E-state index contributed by atoms with van der Waals surface area (Å²) in [6.45, 7) is 11.5. The van der Waals surface area contributed by atoms with Crippen molar-refractivity contribution in [2.75, 3.05) is 26.4 Å². The van der Waals surface area contributed by atoms with E-state index in [1.54, 1.807) is 4.57 Å². The molecule has 7 heteroatoms. The van der Waals surface area contributed by atoms with Gasteiger partial charge in [0.25, 0.3) is 0 Å². The van der Waals surface area contributed by atoms with Crippen LogP contribution < -0.4 is 5.32 Å². The number of amides is 2. The monoisotopic (exact) mass is 368 g/mol. The largest absolute Gasteiger partial charge is 0.637 e. The van der Waals surface area contributed by atoms with Crippen LogP contribution in [0.5, 0.6) is 0 Å². The van der Waals surface area contributed by atoms with Gasteiger partial charge >= 0.3 is 15.0 Å². The van der Waals surface area contributed by atoms with Crippen molar-refractivity contribution in [1.82, 2.24) is 9.88 Å². The standard InChI is InChI=1S/C18H32N2O4Si/c1-6-15-19-18(21)20(16(5)17-13-11-10-12-14-17)25(22-7-2,23-8-3)24-9-4/h10-14,16H,6-9,15H2,1-5H3,(H,19,21)/t16-/m1/s1. The maximum Gasteiger partial charge on any atom is 0.637 e. The number of nitrogens with zero attached hydrogens (tertiary/aromatic N) is 1. The fourth-order valence-corrected chi connectivity index (χ4v) is 5.33. The highest BCUT2D eigenvalue weighted by Crippen LogP contribution is 2.28. The van der Waals surface area contributed by atoms with E-state index in [-0.39, 0.29) is 12.1 Å².